The zero-order chi connectivity index (χ0) is 16.2. The van der Waals surface area contributed by atoms with Gasteiger partial charge in [0.1, 0.15) is 10.7 Å². The predicted octanol–water partition coefficient (Wildman–Crippen LogP) is 3.50. The zero-order valence-electron chi connectivity index (χ0n) is 13.7. The molecule has 0 aromatic heterocycles. The van der Waals surface area contributed by atoms with Crippen molar-refractivity contribution in [3.63, 3.8) is 0 Å². The van der Waals surface area contributed by atoms with Gasteiger partial charge in [0, 0.05) is 37.4 Å². The van der Waals surface area contributed by atoms with Gasteiger partial charge in [0.05, 0.1) is 7.11 Å². The Morgan fingerprint density at radius 3 is 2.09 bits per heavy atom. The smallest absolute Gasteiger partial charge is 0.118 e. The zero-order valence-corrected chi connectivity index (χ0v) is 14.5. The molecule has 2 aromatic rings. The van der Waals surface area contributed by atoms with Gasteiger partial charge in [-0.3, -0.25) is 0 Å². The molecule has 4 heteroatoms. The summed E-state index contributed by atoms with van der Waals surface area (Å²) in [5.41, 5.74) is 3.68. The maximum absolute atomic E-state index is 5.66. The van der Waals surface area contributed by atoms with Crippen LogP contribution in [0.25, 0.3) is 0 Å². The number of hydrogen-bond acceptors (Lipinski definition) is 3. The minimum atomic E-state index is 0.862. The van der Waals surface area contributed by atoms with Gasteiger partial charge in [-0.1, -0.05) is 29.9 Å². The van der Waals surface area contributed by atoms with Crippen molar-refractivity contribution in [2.75, 3.05) is 38.2 Å². The van der Waals surface area contributed by atoms with Gasteiger partial charge in [0.15, 0.2) is 0 Å². The van der Waals surface area contributed by atoms with E-state index in [1.165, 1.54) is 11.3 Å². The van der Waals surface area contributed by atoms with Gasteiger partial charge in [-0.15, -0.1) is 0 Å². The second kappa shape index (κ2) is 7.01. The van der Waals surface area contributed by atoms with E-state index in [4.69, 9.17) is 17.0 Å². The molecule has 0 saturated carbocycles. The van der Waals surface area contributed by atoms with Gasteiger partial charge in [-0.25, -0.2) is 0 Å². The third-order valence-electron chi connectivity index (χ3n) is 4.30. The normalized spacial score (nSPS) is 14.7. The monoisotopic (exact) mass is 326 g/mol. The highest BCUT2D eigenvalue weighted by Gasteiger charge is 2.19. The third-order valence-corrected chi connectivity index (χ3v) is 4.80. The standard InChI is InChI=1S/C19H22N2OS/c1-15-3-7-17(8-4-15)20-11-13-21(14-12-20)19(23)16-5-9-18(22-2)10-6-16/h3-10H,11-14H2,1-2H3. The highest BCUT2D eigenvalue weighted by molar-refractivity contribution is 7.80. The van der Waals surface area contributed by atoms with Gasteiger partial charge >= 0.3 is 0 Å². The van der Waals surface area contributed by atoms with Crippen LogP contribution >= 0.6 is 12.2 Å². The van der Waals surface area contributed by atoms with Crippen LogP contribution in [0.3, 0.4) is 0 Å². The number of rotatable bonds is 3. The second-order valence-electron chi connectivity index (χ2n) is 5.84. The van der Waals surface area contributed by atoms with Gasteiger partial charge in [0.25, 0.3) is 0 Å². The van der Waals surface area contributed by atoms with Crippen molar-refractivity contribution >= 4 is 22.9 Å². The third kappa shape index (κ3) is 3.64. The summed E-state index contributed by atoms with van der Waals surface area (Å²) in [6, 6.07) is 16.7. The van der Waals surface area contributed by atoms with Crippen LogP contribution in [0, 0.1) is 6.92 Å². The van der Waals surface area contributed by atoms with Crippen molar-refractivity contribution in [3.05, 3.63) is 59.7 Å². The number of nitrogens with zero attached hydrogens (tertiary/aromatic N) is 2. The van der Waals surface area contributed by atoms with Crippen LogP contribution in [0.4, 0.5) is 5.69 Å². The Morgan fingerprint density at radius 2 is 1.52 bits per heavy atom. The Balaban J connectivity index is 1.61. The Labute approximate surface area is 143 Å². The first kappa shape index (κ1) is 15.8. The summed E-state index contributed by atoms with van der Waals surface area (Å²) in [6.07, 6.45) is 0. The Bertz CT molecular complexity index is 659. The van der Waals surface area contributed by atoms with E-state index in [1.807, 2.05) is 24.3 Å². The molecule has 1 saturated heterocycles. The Morgan fingerprint density at radius 1 is 0.913 bits per heavy atom. The van der Waals surface area contributed by atoms with Crippen LogP contribution in [0.2, 0.25) is 0 Å². The van der Waals surface area contributed by atoms with Crippen LogP contribution in [-0.4, -0.2) is 43.2 Å². The van der Waals surface area contributed by atoms with Crippen LogP contribution in [-0.2, 0) is 0 Å². The van der Waals surface area contributed by atoms with Crippen molar-refractivity contribution in [1.29, 1.82) is 0 Å². The minimum absolute atomic E-state index is 0.862. The van der Waals surface area contributed by atoms with Crippen molar-refractivity contribution < 1.29 is 4.74 Å². The number of hydrogen-bond donors (Lipinski definition) is 0. The predicted molar refractivity (Wildman–Crippen MR) is 99.7 cm³/mol. The molecule has 2 aromatic carbocycles. The highest BCUT2D eigenvalue weighted by atomic mass is 32.1. The first-order valence-corrected chi connectivity index (χ1v) is 8.33. The van der Waals surface area contributed by atoms with E-state index in [0.717, 1.165) is 42.5 Å². The Kier molecular flexibility index (Phi) is 4.82. The van der Waals surface area contributed by atoms with Crippen molar-refractivity contribution in [2.45, 2.75) is 6.92 Å². The van der Waals surface area contributed by atoms with Gasteiger partial charge in [-0.2, -0.15) is 0 Å². The summed E-state index contributed by atoms with van der Waals surface area (Å²) < 4.78 is 5.20. The second-order valence-corrected chi connectivity index (χ2v) is 6.23. The van der Waals surface area contributed by atoms with Crippen molar-refractivity contribution in [1.82, 2.24) is 4.90 Å². The molecule has 23 heavy (non-hydrogen) atoms. The first-order chi connectivity index (χ1) is 11.2. The number of ether oxygens (including phenoxy) is 1. The highest BCUT2D eigenvalue weighted by Crippen LogP contribution is 2.19. The average molecular weight is 326 g/mol. The molecule has 0 amide bonds. The molecular formula is C19H22N2OS. The molecule has 0 aliphatic carbocycles. The fourth-order valence-corrected chi connectivity index (χ4v) is 3.16. The molecule has 0 radical (unpaired) electrons. The lowest BCUT2D eigenvalue weighted by Gasteiger charge is -2.37. The van der Waals surface area contributed by atoms with Gasteiger partial charge in [0.2, 0.25) is 0 Å². The fraction of sp³-hybridized carbons (Fsp3) is 0.316. The van der Waals surface area contributed by atoms with Gasteiger partial charge in [-0.05, 0) is 43.3 Å². The van der Waals surface area contributed by atoms with E-state index in [0.29, 0.717) is 0 Å². The number of piperazine rings is 1. The summed E-state index contributed by atoms with van der Waals surface area (Å²) in [6.45, 7) is 6.03. The van der Waals surface area contributed by atoms with Crippen LogP contribution < -0.4 is 9.64 Å². The van der Waals surface area contributed by atoms with E-state index in [1.54, 1.807) is 7.11 Å². The van der Waals surface area contributed by atoms with E-state index in [2.05, 4.69) is 41.0 Å². The van der Waals surface area contributed by atoms with E-state index >= 15 is 0 Å². The summed E-state index contributed by atoms with van der Waals surface area (Å²) >= 11 is 5.66. The summed E-state index contributed by atoms with van der Waals surface area (Å²) in [4.78, 5) is 5.64. The molecule has 1 fully saturated rings. The molecule has 3 nitrogen and oxygen atoms in total. The lowest BCUT2D eigenvalue weighted by Crippen LogP contribution is -2.48. The van der Waals surface area contributed by atoms with Gasteiger partial charge < -0.3 is 14.5 Å². The summed E-state index contributed by atoms with van der Waals surface area (Å²) in [5.74, 6) is 0.862. The fourth-order valence-electron chi connectivity index (χ4n) is 2.84. The molecule has 0 N–H and O–H groups in total. The van der Waals surface area contributed by atoms with Crippen molar-refractivity contribution in [3.8, 4) is 5.75 Å². The molecular weight excluding hydrogens is 304 g/mol. The van der Waals surface area contributed by atoms with Crippen LogP contribution in [0.5, 0.6) is 5.75 Å². The average Bonchev–Trinajstić information content (AvgIpc) is 2.62. The molecule has 0 spiro atoms. The maximum atomic E-state index is 5.66. The number of benzene rings is 2. The van der Waals surface area contributed by atoms with E-state index < -0.39 is 0 Å². The molecule has 0 unspecified atom stereocenters. The Hall–Kier alpha value is -2.07. The number of methoxy groups -OCH3 is 1. The maximum Gasteiger partial charge on any atom is 0.118 e. The van der Waals surface area contributed by atoms with E-state index in [9.17, 15) is 0 Å². The van der Waals surface area contributed by atoms with Crippen molar-refractivity contribution in [2.24, 2.45) is 0 Å². The largest absolute Gasteiger partial charge is 0.497 e. The topological polar surface area (TPSA) is 15.7 Å². The first-order valence-electron chi connectivity index (χ1n) is 7.92. The molecule has 1 aliphatic rings. The number of thiocarbonyl (C=S) groups is 1. The number of aryl methyl sites for hydroxylation is 1. The quantitative estimate of drug-likeness (QED) is 0.802. The molecule has 0 bridgehead atoms. The molecule has 0 atom stereocenters. The minimum Gasteiger partial charge on any atom is -0.497 e. The lowest BCUT2D eigenvalue weighted by atomic mass is 10.1. The summed E-state index contributed by atoms with van der Waals surface area (Å²) in [7, 11) is 1.68. The van der Waals surface area contributed by atoms with Crippen LogP contribution in [0.1, 0.15) is 11.1 Å². The summed E-state index contributed by atoms with van der Waals surface area (Å²) in [5, 5.41) is 0. The lowest BCUT2D eigenvalue weighted by molar-refractivity contribution is 0.392. The molecule has 1 heterocycles. The number of anilines is 1. The van der Waals surface area contributed by atoms with E-state index in [-0.39, 0.29) is 0 Å². The molecule has 1 aliphatic heterocycles. The van der Waals surface area contributed by atoms with Crippen LogP contribution in [0.15, 0.2) is 48.5 Å². The SMILES string of the molecule is COc1ccc(C(=S)N2CCN(c3ccc(C)cc3)CC2)cc1. The molecule has 3 rings (SSSR count). The molecule has 120 valence electrons.